The van der Waals surface area contributed by atoms with Crippen molar-refractivity contribution in [1.29, 1.82) is 0 Å². The summed E-state index contributed by atoms with van der Waals surface area (Å²) in [6, 6.07) is 5.04. The van der Waals surface area contributed by atoms with E-state index in [4.69, 9.17) is 4.74 Å². The van der Waals surface area contributed by atoms with Gasteiger partial charge in [0.25, 0.3) is 0 Å². The number of nitrogens with zero attached hydrogens (tertiary/aromatic N) is 1. The van der Waals surface area contributed by atoms with Crippen LogP contribution in [0.2, 0.25) is 0 Å². The second kappa shape index (κ2) is 7.64. The van der Waals surface area contributed by atoms with Crippen LogP contribution in [0.5, 0.6) is 11.5 Å². The van der Waals surface area contributed by atoms with Gasteiger partial charge in [-0.1, -0.05) is 6.92 Å². The molecule has 5 heteroatoms. The third-order valence-corrected chi connectivity index (χ3v) is 3.92. The third kappa shape index (κ3) is 4.33. The van der Waals surface area contributed by atoms with E-state index in [0.29, 0.717) is 17.9 Å². The Kier molecular flexibility index (Phi) is 5.85. The molecule has 1 fully saturated rings. The van der Waals surface area contributed by atoms with Crippen LogP contribution in [0.1, 0.15) is 25.5 Å². The molecule has 0 amide bonds. The number of piperazine rings is 1. The average Bonchev–Trinajstić information content (AvgIpc) is 2.50. The first-order chi connectivity index (χ1) is 10.1. The molecule has 0 aromatic heterocycles. The zero-order chi connectivity index (χ0) is 15.2. The number of aliphatic hydroxyl groups excluding tert-OH is 1. The minimum Gasteiger partial charge on any atom is -0.508 e. The van der Waals surface area contributed by atoms with E-state index in [1.807, 2.05) is 13.8 Å². The minimum atomic E-state index is -0.694. The first-order valence-corrected chi connectivity index (χ1v) is 7.68. The van der Waals surface area contributed by atoms with Crippen LogP contribution in [0.4, 0.5) is 0 Å². The van der Waals surface area contributed by atoms with Crippen molar-refractivity contribution in [3.8, 4) is 11.5 Å². The van der Waals surface area contributed by atoms with Crippen molar-refractivity contribution in [1.82, 2.24) is 10.2 Å². The zero-order valence-corrected chi connectivity index (χ0v) is 12.9. The van der Waals surface area contributed by atoms with Crippen LogP contribution in [0, 0.1) is 5.92 Å². The van der Waals surface area contributed by atoms with Crippen LogP contribution in [-0.2, 0) is 0 Å². The Morgan fingerprint density at radius 1 is 1.33 bits per heavy atom. The molecule has 1 heterocycles. The first-order valence-electron chi connectivity index (χ1n) is 7.68. The van der Waals surface area contributed by atoms with E-state index in [1.165, 1.54) is 0 Å². The molecule has 5 nitrogen and oxygen atoms in total. The van der Waals surface area contributed by atoms with Crippen LogP contribution in [0.25, 0.3) is 0 Å². The smallest absolute Gasteiger partial charge is 0.121 e. The number of rotatable bonds is 6. The highest BCUT2D eigenvalue weighted by Gasteiger charge is 2.23. The minimum absolute atomic E-state index is 0.0471. The van der Waals surface area contributed by atoms with Crippen molar-refractivity contribution in [2.75, 3.05) is 39.3 Å². The summed E-state index contributed by atoms with van der Waals surface area (Å²) in [6.45, 7) is 9.30. The van der Waals surface area contributed by atoms with E-state index in [-0.39, 0.29) is 11.7 Å². The maximum Gasteiger partial charge on any atom is 0.121 e. The Bertz CT molecular complexity index is 447. The second-order valence-electron chi connectivity index (χ2n) is 5.63. The molecule has 2 unspecified atom stereocenters. The largest absolute Gasteiger partial charge is 0.508 e. The van der Waals surface area contributed by atoms with Gasteiger partial charge in [-0.25, -0.2) is 0 Å². The summed E-state index contributed by atoms with van der Waals surface area (Å²) < 4.78 is 5.44. The summed E-state index contributed by atoms with van der Waals surface area (Å²) in [6.07, 6.45) is -0.694. The molecule has 1 aromatic rings. The molecular weight excluding hydrogens is 268 g/mol. The van der Waals surface area contributed by atoms with Gasteiger partial charge in [0.05, 0.1) is 12.7 Å². The number of hydrogen-bond acceptors (Lipinski definition) is 5. The third-order valence-electron chi connectivity index (χ3n) is 3.92. The van der Waals surface area contributed by atoms with Gasteiger partial charge in [0, 0.05) is 38.3 Å². The lowest BCUT2D eigenvalue weighted by atomic mass is 9.95. The fourth-order valence-corrected chi connectivity index (χ4v) is 2.73. The Morgan fingerprint density at radius 3 is 2.71 bits per heavy atom. The standard InChI is InChI=1S/C16H26N2O3/c1-3-21-13-4-5-15(19)14(10-13)16(20)12(2)11-18-8-6-17-7-9-18/h4-5,10,12,16-17,19-20H,3,6-9,11H2,1-2H3. The Morgan fingerprint density at radius 2 is 2.05 bits per heavy atom. The predicted octanol–water partition coefficient (Wildman–Crippen LogP) is 1.37. The first kappa shape index (κ1) is 16.1. The lowest BCUT2D eigenvalue weighted by Gasteiger charge is -2.31. The van der Waals surface area contributed by atoms with E-state index < -0.39 is 6.10 Å². The van der Waals surface area contributed by atoms with Crippen LogP contribution in [0.15, 0.2) is 18.2 Å². The van der Waals surface area contributed by atoms with Gasteiger partial charge in [-0.2, -0.15) is 0 Å². The van der Waals surface area contributed by atoms with Gasteiger partial charge in [-0.3, -0.25) is 0 Å². The Hall–Kier alpha value is -1.30. The molecule has 1 aliphatic heterocycles. The number of phenolic OH excluding ortho intramolecular Hbond substituents is 1. The van der Waals surface area contributed by atoms with Crippen molar-refractivity contribution in [2.45, 2.75) is 20.0 Å². The summed E-state index contributed by atoms with van der Waals surface area (Å²) in [7, 11) is 0. The number of ether oxygens (including phenoxy) is 1. The Balaban J connectivity index is 2.03. The van der Waals surface area contributed by atoms with Crippen LogP contribution >= 0.6 is 0 Å². The van der Waals surface area contributed by atoms with Crippen LogP contribution in [0.3, 0.4) is 0 Å². The molecule has 0 radical (unpaired) electrons. The summed E-state index contributed by atoms with van der Waals surface area (Å²) in [4.78, 5) is 2.34. The van der Waals surface area contributed by atoms with Gasteiger partial charge in [0.15, 0.2) is 0 Å². The lowest BCUT2D eigenvalue weighted by molar-refractivity contribution is 0.0820. The normalized spacial score (nSPS) is 19.2. The molecule has 1 aliphatic rings. The van der Waals surface area contributed by atoms with Crippen LogP contribution < -0.4 is 10.1 Å². The molecule has 2 atom stereocenters. The van der Waals surface area contributed by atoms with E-state index in [2.05, 4.69) is 10.2 Å². The number of aliphatic hydroxyl groups is 1. The lowest BCUT2D eigenvalue weighted by Crippen LogP contribution is -2.45. The fourth-order valence-electron chi connectivity index (χ4n) is 2.73. The van der Waals surface area contributed by atoms with Gasteiger partial charge in [-0.05, 0) is 31.0 Å². The van der Waals surface area contributed by atoms with Crippen molar-refractivity contribution in [3.63, 3.8) is 0 Å². The topological polar surface area (TPSA) is 65.0 Å². The molecule has 0 aliphatic carbocycles. The summed E-state index contributed by atoms with van der Waals surface area (Å²) in [5.74, 6) is 0.850. The highest BCUT2D eigenvalue weighted by molar-refractivity contribution is 5.40. The van der Waals surface area contributed by atoms with Crippen LogP contribution in [-0.4, -0.2) is 54.4 Å². The van der Waals surface area contributed by atoms with E-state index in [0.717, 1.165) is 32.7 Å². The molecule has 0 spiro atoms. The van der Waals surface area contributed by atoms with Gasteiger partial charge in [0.2, 0.25) is 0 Å². The summed E-state index contributed by atoms with van der Waals surface area (Å²) in [5.41, 5.74) is 0.545. The zero-order valence-electron chi connectivity index (χ0n) is 12.9. The molecule has 118 valence electrons. The number of aromatic hydroxyl groups is 1. The van der Waals surface area contributed by atoms with Crippen molar-refractivity contribution >= 4 is 0 Å². The molecule has 1 saturated heterocycles. The number of nitrogens with one attached hydrogen (secondary N) is 1. The molecular formula is C16H26N2O3. The predicted molar refractivity (Wildman–Crippen MR) is 82.7 cm³/mol. The summed E-state index contributed by atoms with van der Waals surface area (Å²) >= 11 is 0. The molecule has 0 saturated carbocycles. The van der Waals surface area contributed by atoms with Gasteiger partial charge in [-0.15, -0.1) is 0 Å². The highest BCUT2D eigenvalue weighted by Crippen LogP contribution is 2.32. The van der Waals surface area contributed by atoms with E-state index in [9.17, 15) is 10.2 Å². The molecule has 0 bridgehead atoms. The fraction of sp³-hybridized carbons (Fsp3) is 0.625. The molecule has 1 aromatic carbocycles. The van der Waals surface area contributed by atoms with E-state index in [1.54, 1.807) is 18.2 Å². The van der Waals surface area contributed by atoms with Crippen molar-refractivity contribution < 1.29 is 14.9 Å². The number of hydrogen-bond donors (Lipinski definition) is 3. The van der Waals surface area contributed by atoms with Crippen molar-refractivity contribution in [3.05, 3.63) is 23.8 Å². The van der Waals surface area contributed by atoms with E-state index >= 15 is 0 Å². The van der Waals surface area contributed by atoms with Gasteiger partial charge in [0.1, 0.15) is 11.5 Å². The molecule has 3 N–H and O–H groups in total. The SMILES string of the molecule is CCOc1ccc(O)c(C(O)C(C)CN2CCNCC2)c1. The second-order valence-corrected chi connectivity index (χ2v) is 5.63. The maximum atomic E-state index is 10.5. The summed E-state index contributed by atoms with van der Waals surface area (Å²) in [5, 5.41) is 23.8. The van der Waals surface area contributed by atoms with Gasteiger partial charge >= 0.3 is 0 Å². The monoisotopic (exact) mass is 294 g/mol. The van der Waals surface area contributed by atoms with Crippen molar-refractivity contribution in [2.24, 2.45) is 5.92 Å². The quantitative estimate of drug-likeness (QED) is 0.739. The molecule has 2 rings (SSSR count). The van der Waals surface area contributed by atoms with Gasteiger partial charge < -0.3 is 25.2 Å². The number of benzene rings is 1. The number of phenols is 1. The average molecular weight is 294 g/mol. The highest BCUT2D eigenvalue weighted by atomic mass is 16.5. The maximum absolute atomic E-state index is 10.5. The Labute approximate surface area is 126 Å². The molecule has 21 heavy (non-hydrogen) atoms.